The lowest BCUT2D eigenvalue weighted by Gasteiger charge is -2.13. The van der Waals surface area contributed by atoms with Crippen molar-refractivity contribution in [1.29, 1.82) is 0 Å². The van der Waals surface area contributed by atoms with Crippen molar-refractivity contribution in [2.45, 2.75) is 13.0 Å². The van der Waals surface area contributed by atoms with Crippen molar-refractivity contribution in [3.05, 3.63) is 47.5 Å². The lowest BCUT2D eigenvalue weighted by atomic mass is 10.1. The van der Waals surface area contributed by atoms with E-state index in [0.717, 1.165) is 5.56 Å². The van der Waals surface area contributed by atoms with Crippen molar-refractivity contribution in [1.82, 2.24) is 9.97 Å². The Hall–Kier alpha value is -2.14. The molecule has 1 aromatic carbocycles. The third-order valence-electron chi connectivity index (χ3n) is 2.73. The molecule has 0 saturated heterocycles. The normalized spacial score (nSPS) is 12.0. The van der Waals surface area contributed by atoms with Gasteiger partial charge in [0.1, 0.15) is 17.6 Å². The highest BCUT2D eigenvalue weighted by Crippen LogP contribution is 2.28. The van der Waals surface area contributed by atoms with Crippen molar-refractivity contribution < 1.29 is 14.6 Å². The van der Waals surface area contributed by atoms with Crippen molar-refractivity contribution in [2.75, 3.05) is 14.2 Å². The van der Waals surface area contributed by atoms with Crippen LogP contribution in [0.5, 0.6) is 11.5 Å². The number of ether oxygens (including phenoxy) is 2. The Labute approximate surface area is 111 Å². The maximum absolute atomic E-state index is 10.3. The van der Waals surface area contributed by atoms with Crippen LogP contribution in [0.25, 0.3) is 0 Å². The van der Waals surface area contributed by atoms with Crippen LogP contribution in [0.2, 0.25) is 0 Å². The summed E-state index contributed by atoms with van der Waals surface area (Å²) in [6.07, 6.45) is 2.43. The van der Waals surface area contributed by atoms with Gasteiger partial charge in [0.2, 0.25) is 0 Å². The predicted octanol–water partition coefficient (Wildman–Crippen LogP) is 1.88. The average molecular weight is 260 g/mol. The summed E-state index contributed by atoms with van der Waals surface area (Å²) >= 11 is 0. The van der Waals surface area contributed by atoms with Gasteiger partial charge in [-0.25, -0.2) is 9.97 Å². The average Bonchev–Trinajstić information content (AvgIpc) is 2.46. The standard InChI is InChI=1S/C14H16N2O3/c1-9-7-15-14(16-8-9)13(17)10-4-11(18-2)6-12(5-10)19-3/h4-8,13,17H,1-3H3. The molecule has 2 aromatic rings. The van der Waals surface area contributed by atoms with Gasteiger partial charge >= 0.3 is 0 Å². The van der Waals surface area contributed by atoms with Crippen LogP contribution in [0.4, 0.5) is 0 Å². The van der Waals surface area contributed by atoms with Crippen LogP contribution in [0.3, 0.4) is 0 Å². The first-order chi connectivity index (χ1) is 9.13. The Morgan fingerprint density at radius 1 is 1.00 bits per heavy atom. The van der Waals surface area contributed by atoms with E-state index in [0.29, 0.717) is 22.9 Å². The Morgan fingerprint density at radius 2 is 1.53 bits per heavy atom. The van der Waals surface area contributed by atoms with Crippen LogP contribution in [0, 0.1) is 6.92 Å². The second-order valence-electron chi connectivity index (χ2n) is 4.17. The molecule has 1 N–H and O–H groups in total. The molecule has 0 radical (unpaired) electrons. The van der Waals surface area contributed by atoms with Gasteiger partial charge in [0.15, 0.2) is 5.82 Å². The number of benzene rings is 1. The van der Waals surface area contributed by atoms with E-state index < -0.39 is 6.10 Å². The molecule has 0 aliphatic carbocycles. The Morgan fingerprint density at radius 3 is 2.00 bits per heavy atom. The van der Waals surface area contributed by atoms with E-state index in [1.807, 2.05) is 6.92 Å². The number of aliphatic hydroxyl groups is 1. The van der Waals surface area contributed by atoms with Crippen LogP contribution >= 0.6 is 0 Å². The number of aryl methyl sites for hydroxylation is 1. The molecular weight excluding hydrogens is 244 g/mol. The zero-order chi connectivity index (χ0) is 13.8. The summed E-state index contributed by atoms with van der Waals surface area (Å²) in [5.41, 5.74) is 1.57. The topological polar surface area (TPSA) is 64.5 Å². The fraction of sp³-hybridized carbons (Fsp3) is 0.286. The highest BCUT2D eigenvalue weighted by molar-refractivity contribution is 5.40. The number of methoxy groups -OCH3 is 2. The van der Waals surface area contributed by atoms with Crippen molar-refractivity contribution >= 4 is 0 Å². The molecule has 1 atom stereocenters. The van der Waals surface area contributed by atoms with E-state index in [-0.39, 0.29) is 0 Å². The van der Waals surface area contributed by atoms with Crippen LogP contribution in [-0.2, 0) is 0 Å². The van der Waals surface area contributed by atoms with Gasteiger partial charge in [-0.2, -0.15) is 0 Å². The van der Waals surface area contributed by atoms with E-state index >= 15 is 0 Å². The molecule has 1 unspecified atom stereocenters. The third-order valence-corrected chi connectivity index (χ3v) is 2.73. The van der Waals surface area contributed by atoms with Gasteiger partial charge in [-0.3, -0.25) is 0 Å². The summed E-state index contributed by atoms with van der Waals surface area (Å²) < 4.78 is 10.3. The largest absolute Gasteiger partial charge is 0.497 e. The van der Waals surface area contributed by atoms with E-state index in [1.54, 1.807) is 44.8 Å². The molecule has 0 spiro atoms. The molecule has 0 aliphatic rings. The fourth-order valence-electron chi connectivity index (χ4n) is 1.68. The quantitative estimate of drug-likeness (QED) is 0.909. The molecular formula is C14H16N2O3. The van der Waals surface area contributed by atoms with Gasteiger partial charge in [0.05, 0.1) is 14.2 Å². The lowest BCUT2D eigenvalue weighted by Crippen LogP contribution is -2.06. The zero-order valence-corrected chi connectivity index (χ0v) is 11.1. The molecule has 0 saturated carbocycles. The summed E-state index contributed by atoms with van der Waals surface area (Å²) in [5.74, 6) is 1.57. The minimum absolute atomic E-state index is 0.348. The summed E-state index contributed by atoms with van der Waals surface area (Å²) in [4.78, 5) is 8.25. The highest BCUT2D eigenvalue weighted by atomic mass is 16.5. The van der Waals surface area contributed by atoms with E-state index in [4.69, 9.17) is 9.47 Å². The minimum atomic E-state index is -0.912. The molecule has 1 aromatic heterocycles. The number of aliphatic hydroxyl groups excluding tert-OH is 1. The van der Waals surface area contributed by atoms with Gasteiger partial charge in [-0.05, 0) is 30.2 Å². The second kappa shape index (κ2) is 5.67. The smallest absolute Gasteiger partial charge is 0.161 e. The molecule has 0 aliphatic heterocycles. The van der Waals surface area contributed by atoms with Gasteiger partial charge in [0.25, 0.3) is 0 Å². The maximum Gasteiger partial charge on any atom is 0.161 e. The molecule has 1 heterocycles. The second-order valence-corrected chi connectivity index (χ2v) is 4.17. The van der Waals surface area contributed by atoms with Crippen molar-refractivity contribution in [3.8, 4) is 11.5 Å². The van der Waals surface area contributed by atoms with Crippen LogP contribution in [0.1, 0.15) is 23.1 Å². The molecule has 5 heteroatoms. The first-order valence-electron chi connectivity index (χ1n) is 5.83. The molecule has 0 fully saturated rings. The van der Waals surface area contributed by atoms with E-state index in [9.17, 15) is 5.11 Å². The van der Waals surface area contributed by atoms with Crippen LogP contribution < -0.4 is 9.47 Å². The Kier molecular flexibility index (Phi) is 3.97. The van der Waals surface area contributed by atoms with Gasteiger partial charge < -0.3 is 14.6 Å². The molecule has 0 bridgehead atoms. The monoisotopic (exact) mass is 260 g/mol. The number of aromatic nitrogens is 2. The Balaban J connectivity index is 2.37. The van der Waals surface area contributed by atoms with Crippen molar-refractivity contribution in [2.24, 2.45) is 0 Å². The molecule has 19 heavy (non-hydrogen) atoms. The predicted molar refractivity (Wildman–Crippen MR) is 70.4 cm³/mol. The lowest BCUT2D eigenvalue weighted by molar-refractivity contribution is 0.208. The van der Waals surface area contributed by atoms with Gasteiger partial charge in [0, 0.05) is 18.5 Å². The minimum Gasteiger partial charge on any atom is -0.497 e. The SMILES string of the molecule is COc1cc(OC)cc(C(O)c2ncc(C)cn2)c1. The summed E-state index contributed by atoms with van der Waals surface area (Å²) in [7, 11) is 3.13. The first kappa shape index (κ1) is 13.3. The summed E-state index contributed by atoms with van der Waals surface area (Å²) in [6.45, 7) is 1.89. The number of hydrogen-bond acceptors (Lipinski definition) is 5. The van der Waals surface area contributed by atoms with Gasteiger partial charge in [-0.1, -0.05) is 0 Å². The van der Waals surface area contributed by atoms with Crippen molar-refractivity contribution in [3.63, 3.8) is 0 Å². The third kappa shape index (κ3) is 3.00. The number of rotatable bonds is 4. The van der Waals surface area contributed by atoms with Crippen LogP contribution in [0.15, 0.2) is 30.6 Å². The summed E-state index contributed by atoms with van der Waals surface area (Å²) in [5, 5.41) is 10.3. The molecule has 5 nitrogen and oxygen atoms in total. The first-order valence-corrected chi connectivity index (χ1v) is 5.83. The van der Waals surface area contributed by atoms with Crippen LogP contribution in [-0.4, -0.2) is 29.3 Å². The van der Waals surface area contributed by atoms with E-state index in [1.165, 1.54) is 0 Å². The molecule has 2 rings (SSSR count). The fourth-order valence-corrected chi connectivity index (χ4v) is 1.68. The molecule has 0 amide bonds. The number of hydrogen-bond donors (Lipinski definition) is 1. The summed E-state index contributed by atoms with van der Waals surface area (Å²) in [6, 6.07) is 5.21. The maximum atomic E-state index is 10.3. The van der Waals surface area contributed by atoms with Gasteiger partial charge in [-0.15, -0.1) is 0 Å². The Bertz CT molecular complexity index is 533. The van der Waals surface area contributed by atoms with E-state index in [2.05, 4.69) is 9.97 Å². The number of nitrogens with zero attached hydrogens (tertiary/aromatic N) is 2. The highest BCUT2D eigenvalue weighted by Gasteiger charge is 2.15. The molecule has 100 valence electrons. The zero-order valence-electron chi connectivity index (χ0n) is 11.1.